The third-order valence-electron chi connectivity index (χ3n) is 4.16. The molecule has 0 saturated carbocycles. The van der Waals surface area contributed by atoms with E-state index in [0.29, 0.717) is 26.4 Å². The molecule has 3 rings (SSSR count). The first-order chi connectivity index (χ1) is 13.7. The van der Waals surface area contributed by atoms with Gasteiger partial charge < -0.3 is 28.4 Å². The quantitative estimate of drug-likeness (QED) is 0.292. The van der Waals surface area contributed by atoms with Gasteiger partial charge in [-0.25, -0.2) is 0 Å². The summed E-state index contributed by atoms with van der Waals surface area (Å²) in [6.07, 6.45) is 7.46. The van der Waals surface area contributed by atoms with Crippen molar-refractivity contribution in [2.75, 3.05) is 31.8 Å². The zero-order chi connectivity index (χ0) is 21.9. The predicted octanol–water partition coefficient (Wildman–Crippen LogP) is 4.41. The number of hydrogen-bond donors (Lipinski definition) is 0. The molecule has 6 nitrogen and oxygen atoms in total. The molecule has 0 spiro atoms. The van der Waals surface area contributed by atoms with Gasteiger partial charge in [0.15, 0.2) is 11.6 Å². The summed E-state index contributed by atoms with van der Waals surface area (Å²) in [7, 11) is 0. The van der Waals surface area contributed by atoms with Crippen LogP contribution in [0.5, 0.6) is 0 Å². The summed E-state index contributed by atoms with van der Waals surface area (Å²) in [6, 6.07) is 0. The molecule has 0 unspecified atom stereocenters. The zero-order valence-electron chi connectivity index (χ0n) is 18.1. The van der Waals surface area contributed by atoms with Crippen molar-refractivity contribution >= 4 is 23.2 Å². The molecule has 2 saturated heterocycles. The van der Waals surface area contributed by atoms with Crippen LogP contribution in [0.15, 0.2) is 37.5 Å². The molecule has 0 bridgehead atoms. The van der Waals surface area contributed by atoms with E-state index in [9.17, 15) is 0 Å². The van der Waals surface area contributed by atoms with Crippen LogP contribution in [-0.4, -0.2) is 67.8 Å². The molecular formula is C21H34Cl2O6Ru. The smallest absolute Gasteiger partial charge is 0.163 e. The second kappa shape index (κ2) is 15.1. The van der Waals surface area contributed by atoms with Gasteiger partial charge in [-0.1, -0.05) is 24.3 Å². The minimum absolute atomic E-state index is 0. The maximum Gasteiger partial charge on any atom is 0.163 e. The van der Waals surface area contributed by atoms with E-state index in [1.807, 2.05) is 33.8 Å². The van der Waals surface area contributed by atoms with Crippen LogP contribution in [0.1, 0.15) is 27.7 Å². The molecule has 0 N–H and O–H groups in total. The summed E-state index contributed by atoms with van der Waals surface area (Å²) in [5.41, 5.74) is 0. The minimum Gasteiger partial charge on any atom is -0.369 e. The van der Waals surface area contributed by atoms with Crippen LogP contribution in [-0.2, 0) is 47.9 Å². The van der Waals surface area contributed by atoms with E-state index in [-0.39, 0.29) is 49.2 Å². The molecule has 0 radical (unpaired) electrons. The summed E-state index contributed by atoms with van der Waals surface area (Å²) >= 11 is 9.53. The Morgan fingerprint density at radius 3 is 2.27 bits per heavy atom. The first-order valence-electron chi connectivity index (χ1n) is 9.56. The van der Waals surface area contributed by atoms with Gasteiger partial charge in [-0.15, -0.1) is 36.4 Å². The van der Waals surface area contributed by atoms with Crippen LogP contribution in [0.4, 0.5) is 0 Å². The SMILES string of the molecule is C=CCO[C@H]1COC(C)(C)O[C@H]1C=C.CC1(C)OC[C@@H]2OCC=C[C@@H]2O1.ClCCl.[Ru]. The average Bonchev–Trinajstić information content (AvgIpc) is 2.67. The summed E-state index contributed by atoms with van der Waals surface area (Å²) in [5, 5.41) is 0.194. The summed E-state index contributed by atoms with van der Waals surface area (Å²) in [4.78, 5) is 0. The topological polar surface area (TPSA) is 55.4 Å². The van der Waals surface area contributed by atoms with E-state index in [0.717, 1.165) is 0 Å². The fourth-order valence-corrected chi connectivity index (χ4v) is 2.84. The Morgan fingerprint density at radius 2 is 1.67 bits per heavy atom. The molecule has 0 aromatic heterocycles. The Labute approximate surface area is 203 Å². The van der Waals surface area contributed by atoms with Gasteiger partial charge in [0.05, 0.1) is 31.8 Å². The van der Waals surface area contributed by atoms with E-state index in [1.54, 1.807) is 12.2 Å². The Morgan fingerprint density at radius 1 is 1.07 bits per heavy atom. The molecule has 30 heavy (non-hydrogen) atoms. The van der Waals surface area contributed by atoms with Gasteiger partial charge in [0.1, 0.15) is 24.4 Å². The molecule has 3 aliphatic rings. The fraction of sp³-hybridized carbons (Fsp3) is 0.714. The normalized spacial score (nSPS) is 30.7. The molecule has 0 amide bonds. The molecule has 0 aliphatic carbocycles. The molecule has 9 heteroatoms. The van der Waals surface area contributed by atoms with Crippen LogP contribution in [0.3, 0.4) is 0 Å². The molecule has 176 valence electrons. The molecule has 0 aromatic carbocycles. The van der Waals surface area contributed by atoms with Crippen LogP contribution in [0.2, 0.25) is 0 Å². The largest absolute Gasteiger partial charge is 0.369 e. The Hall–Kier alpha value is 0.183. The van der Waals surface area contributed by atoms with Crippen molar-refractivity contribution in [2.24, 2.45) is 0 Å². The number of hydrogen-bond acceptors (Lipinski definition) is 6. The van der Waals surface area contributed by atoms with E-state index in [4.69, 9.17) is 51.6 Å². The summed E-state index contributed by atoms with van der Waals surface area (Å²) in [5.74, 6) is -1.01. The molecule has 3 aliphatic heterocycles. The second-order valence-electron chi connectivity index (χ2n) is 7.38. The van der Waals surface area contributed by atoms with Crippen molar-refractivity contribution in [1.29, 1.82) is 0 Å². The van der Waals surface area contributed by atoms with Crippen LogP contribution in [0, 0.1) is 0 Å². The maximum absolute atomic E-state index is 5.64. The molecule has 0 aromatic rings. The summed E-state index contributed by atoms with van der Waals surface area (Å²) in [6.45, 7) is 17.3. The van der Waals surface area contributed by atoms with Crippen molar-refractivity contribution in [3.63, 3.8) is 0 Å². The third kappa shape index (κ3) is 11.2. The Balaban J connectivity index is 0.000000485. The van der Waals surface area contributed by atoms with E-state index in [2.05, 4.69) is 19.2 Å². The van der Waals surface area contributed by atoms with Crippen LogP contribution in [0.25, 0.3) is 0 Å². The molecular weight excluding hydrogens is 520 g/mol. The first kappa shape index (κ1) is 30.2. The Bertz CT molecular complexity index is 530. The number of fused-ring (bicyclic) bond motifs is 1. The van der Waals surface area contributed by atoms with Gasteiger partial charge in [-0.3, -0.25) is 0 Å². The van der Waals surface area contributed by atoms with Gasteiger partial charge in [-0.05, 0) is 27.7 Å². The number of alkyl halides is 2. The van der Waals surface area contributed by atoms with Crippen molar-refractivity contribution in [3.8, 4) is 0 Å². The number of ether oxygens (including phenoxy) is 6. The summed E-state index contributed by atoms with van der Waals surface area (Å²) < 4.78 is 33.1. The minimum atomic E-state index is -0.549. The standard InChI is InChI=1S/C11H18O3.C9H14O3.CH2Cl2.Ru/c1-5-7-12-10-8-13-11(3,4)14-9(10)6-2;1-9(2)11-6-8-7(12-9)4-3-5-10-8;2-1-3;/h5-6,9-10H,1-2,7-8H2,3-4H3;3-4,7-8H,5-6H2,1-2H3;1H2;/t9-,10-;7-,8-;;/m00../s1. The van der Waals surface area contributed by atoms with Crippen LogP contribution >= 0.6 is 23.2 Å². The van der Waals surface area contributed by atoms with E-state index in [1.165, 1.54) is 0 Å². The predicted molar refractivity (Wildman–Crippen MR) is 115 cm³/mol. The Kier molecular flexibility index (Phi) is 15.2. The maximum atomic E-state index is 5.64. The monoisotopic (exact) mass is 554 g/mol. The van der Waals surface area contributed by atoms with Crippen molar-refractivity contribution in [1.82, 2.24) is 0 Å². The first-order valence-corrected chi connectivity index (χ1v) is 10.6. The van der Waals surface area contributed by atoms with E-state index >= 15 is 0 Å². The molecule has 4 atom stereocenters. The third-order valence-corrected chi connectivity index (χ3v) is 4.16. The number of rotatable bonds is 4. The molecule has 2 fully saturated rings. The van der Waals surface area contributed by atoms with Gasteiger partial charge in [-0.2, -0.15) is 0 Å². The van der Waals surface area contributed by atoms with Gasteiger partial charge in [0.25, 0.3) is 0 Å². The second-order valence-corrected chi connectivity index (χ2v) is 8.19. The zero-order valence-corrected chi connectivity index (χ0v) is 21.4. The van der Waals surface area contributed by atoms with Crippen molar-refractivity contribution in [2.45, 2.75) is 63.7 Å². The van der Waals surface area contributed by atoms with Gasteiger partial charge in [0, 0.05) is 19.5 Å². The van der Waals surface area contributed by atoms with E-state index < -0.39 is 11.6 Å². The molecule has 3 heterocycles. The fourth-order valence-electron chi connectivity index (χ4n) is 2.84. The van der Waals surface area contributed by atoms with Crippen molar-refractivity contribution < 1.29 is 47.9 Å². The van der Waals surface area contributed by atoms with Crippen molar-refractivity contribution in [3.05, 3.63) is 37.5 Å². The van der Waals surface area contributed by atoms with Gasteiger partial charge in [0.2, 0.25) is 0 Å². The average molecular weight is 554 g/mol. The van der Waals surface area contributed by atoms with Crippen LogP contribution < -0.4 is 0 Å². The number of halogens is 2. The van der Waals surface area contributed by atoms with Gasteiger partial charge >= 0.3 is 0 Å².